The third kappa shape index (κ3) is 3.15. The maximum absolute atomic E-state index is 13.7. The lowest BCUT2D eigenvalue weighted by Crippen LogP contribution is -2.15. The molecule has 0 spiro atoms. The van der Waals surface area contributed by atoms with Crippen LogP contribution in [0.3, 0.4) is 0 Å². The predicted octanol–water partition coefficient (Wildman–Crippen LogP) is 3.82. The smallest absolute Gasteiger partial charge is 0.257 e. The maximum atomic E-state index is 13.7. The molecule has 2 aromatic rings. The van der Waals surface area contributed by atoms with Crippen molar-refractivity contribution in [3.05, 3.63) is 59.4 Å². The summed E-state index contributed by atoms with van der Waals surface area (Å²) in [6.45, 7) is 4.38. The van der Waals surface area contributed by atoms with E-state index in [-0.39, 0.29) is 11.6 Å². The lowest BCUT2D eigenvalue weighted by Gasteiger charge is -2.12. The van der Waals surface area contributed by atoms with Gasteiger partial charge in [0.15, 0.2) is 0 Å². The number of nitrogens with one attached hydrogen (secondary N) is 2. The average molecular weight is 272 g/mol. The highest BCUT2D eigenvalue weighted by atomic mass is 19.1. The van der Waals surface area contributed by atoms with Crippen LogP contribution in [0.4, 0.5) is 15.8 Å². The summed E-state index contributed by atoms with van der Waals surface area (Å²) in [5, 5.41) is 5.65. The molecule has 0 bridgehead atoms. The monoisotopic (exact) mass is 272 g/mol. The molecule has 2 rings (SSSR count). The number of halogens is 1. The van der Waals surface area contributed by atoms with Crippen molar-refractivity contribution in [1.82, 2.24) is 0 Å². The molecule has 3 nitrogen and oxygen atoms in total. The molecular formula is C16H17FN2O. The molecule has 0 saturated heterocycles. The highest BCUT2D eigenvalue weighted by Gasteiger charge is 2.14. The summed E-state index contributed by atoms with van der Waals surface area (Å²) >= 11 is 0. The van der Waals surface area contributed by atoms with Crippen LogP contribution in [0.1, 0.15) is 22.8 Å². The number of aryl methyl sites for hydroxylation is 1. The zero-order chi connectivity index (χ0) is 14.5. The molecule has 4 heteroatoms. The summed E-state index contributed by atoms with van der Waals surface area (Å²) in [5.74, 6) is -0.757. The van der Waals surface area contributed by atoms with Crippen LogP contribution in [0, 0.1) is 12.7 Å². The normalized spacial score (nSPS) is 10.2. The van der Waals surface area contributed by atoms with Crippen LogP contribution in [-0.4, -0.2) is 12.5 Å². The topological polar surface area (TPSA) is 41.1 Å². The Morgan fingerprint density at radius 1 is 1.15 bits per heavy atom. The zero-order valence-corrected chi connectivity index (χ0v) is 11.5. The molecule has 0 heterocycles. The van der Waals surface area contributed by atoms with Gasteiger partial charge in [0, 0.05) is 12.2 Å². The minimum Gasteiger partial charge on any atom is -0.382 e. The van der Waals surface area contributed by atoms with Gasteiger partial charge in [-0.1, -0.05) is 23.8 Å². The van der Waals surface area contributed by atoms with Crippen molar-refractivity contribution >= 4 is 17.3 Å². The van der Waals surface area contributed by atoms with Crippen molar-refractivity contribution in [2.24, 2.45) is 0 Å². The molecule has 0 aliphatic heterocycles. The van der Waals surface area contributed by atoms with Crippen LogP contribution >= 0.6 is 0 Å². The number of carbonyl (C=O) groups excluding carboxylic acids is 1. The van der Waals surface area contributed by atoms with Crippen molar-refractivity contribution in [1.29, 1.82) is 0 Å². The average Bonchev–Trinajstić information content (AvgIpc) is 2.43. The molecule has 2 N–H and O–H groups in total. The molecule has 2 aromatic carbocycles. The number of carbonyl (C=O) groups is 1. The molecule has 0 saturated carbocycles. The molecule has 104 valence electrons. The fourth-order valence-electron chi connectivity index (χ4n) is 1.91. The van der Waals surface area contributed by atoms with E-state index in [2.05, 4.69) is 10.6 Å². The summed E-state index contributed by atoms with van der Waals surface area (Å²) in [5.41, 5.74) is 2.33. The van der Waals surface area contributed by atoms with Crippen molar-refractivity contribution in [3.63, 3.8) is 0 Å². The van der Waals surface area contributed by atoms with Crippen LogP contribution in [0.2, 0.25) is 0 Å². The van der Waals surface area contributed by atoms with Crippen LogP contribution in [-0.2, 0) is 0 Å². The molecule has 0 aliphatic carbocycles. The number of para-hydroxylation sites is 1. The Balaban J connectivity index is 2.25. The number of anilines is 2. The largest absolute Gasteiger partial charge is 0.382 e. The highest BCUT2D eigenvalue weighted by molar-refractivity contribution is 6.08. The second kappa shape index (κ2) is 6.19. The van der Waals surface area contributed by atoms with E-state index in [0.717, 1.165) is 5.56 Å². The fourth-order valence-corrected chi connectivity index (χ4v) is 1.91. The Hall–Kier alpha value is -2.36. The van der Waals surface area contributed by atoms with Gasteiger partial charge in [-0.15, -0.1) is 0 Å². The van der Waals surface area contributed by atoms with Gasteiger partial charge in [0.1, 0.15) is 5.82 Å². The van der Waals surface area contributed by atoms with Crippen LogP contribution in [0.5, 0.6) is 0 Å². The van der Waals surface area contributed by atoms with Gasteiger partial charge < -0.3 is 10.6 Å². The van der Waals surface area contributed by atoms with Crippen molar-refractivity contribution < 1.29 is 9.18 Å². The molecular weight excluding hydrogens is 255 g/mol. The molecule has 0 fully saturated rings. The molecule has 0 aromatic heterocycles. The first kappa shape index (κ1) is 14.1. The highest BCUT2D eigenvalue weighted by Crippen LogP contribution is 2.21. The van der Waals surface area contributed by atoms with Crippen LogP contribution < -0.4 is 10.6 Å². The van der Waals surface area contributed by atoms with E-state index >= 15 is 0 Å². The molecule has 0 atom stereocenters. The lowest BCUT2D eigenvalue weighted by atomic mass is 10.1. The molecule has 20 heavy (non-hydrogen) atoms. The minimum absolute atomic E-state index is 0.236. The Labute approximate surface area is 117 Å². The van der Waals surface area contributed by atoms with Crippen molar-refractivity contribution in [2.75, 3.05) is 17.2 Å². The first-order valence-electron chi connectivity index (χ1n) is 6.52. The number of benzene rings is 2. The van der Waals surface area contributed by atoms with E-state index < -0.39 is 5.82 Å². The first-order valence-corrected chi connectivity index (χ1v) is 6.52. The number of hydrogen-bond acceptors (Lipinski definition) is 2. The molecule has 0 radical (unpaired) electrons. The Bertz CT molecular complexity index is 608. The Morgan fingerprint density at radius 3 is 2.50 bits per heavy atom. The molecule has 0 aliphatic rings. The first-order chi connectivity index (χ1) is 9.61. The van der Waals surface area contributed by atoms with Gasteiger partial charge in [0.2, 0.25) is 0 Å². The predicted molar refractivity (Wildman–Crippen MR) is 79.7 cm³/mol. The second-order valence-corrected chi connectivity index (χ2v) is 4.51. The number of hydrogen-bond donors (Lipinski definition) is 2. The summed E-state index contributed by atoms with van der Waals surface area (Å²) in [6, 6.07) is 11.9. The standard InChI is InChI=1S/C16H17FN2O/c1-3-18-15-13(5-4-6-14(15)17)16(20)19-12-9-7-11(2)8-10-12/h4-10,18H,3H2,1-2H3,(H,19,20). The van der Waals surface area contributed by atoms with Gasteiger partial charge in [-0.05, 0) is 38.1 Å². The SMILES string of the molecule is CCNc1c(F)cccc1C(=O)Nc1ccc(C)cc1. The van der Waals surface area contributed by atoms with E-state index in [9.17, 15) is 9.18 Å². The van der Waals surface area contributed by atoms with E-state index in [1.54, 1.807) is 6.07 Å². The molecule has 1 amide bonds. The fraction of sp³-hybridized carbons (Fsp3) is 0.188. The summed E-state index contributed by atoms with van der Waals surface area (Å²) in [4.78, 5) is 12.2. The number of amides is 1. The van der Waals surface area contributed by atoms with Gasteiger partial charge in [0.05, 0.1) is 11.3 Å². The van der Waals surface area contributed by atoms with Gasteiger partial charge in [-0.25, -0.2) is 4.39 Å². The maximum Gasteiger partial charge on any atom is 0.257 e. The third-order valence-electron chi connectivity index (χ3n) is 2.92. The van der Waals surface area contributed by atoms with Gasteiger partial charge in [-0.3, -0.25) is 4.79 Å². The minimum atomic E-state index is -0.427. The van der Waals surface area contributed by atoms with Gasteiger partial charge in [-0.2, -0.15) is 0 Å². The van der Waals surface area contributed by atoms with Crippen molar-refractivity contribution in [2.45, 2.75) is 13.8 Å². The summed E-state index contributed by atoms with van der Waals surface area (Å²) in [6.07, 6.45) is 0. The third-order valence-corrected chi connectivity index (χ3v) is 2.92. The second-order valence-electron chi connectivity index (χ2n) is 4.51. The van der Waals surface area contributed by atoms with E-state index in [4.69, 9.17) is 0 Å². The Morgan fingerprint density at radius 2 is 1.85 bits per heavy atom. The van der Waals surface area contributed by atoms with E-state index in [0.29, 0.717) is 17.8 Å². The summed E-state index contributed by atoms with van der Waals surface area (Å²) in [7, 11) is 0. The van der Waals surface area contributed by atoms with Crippen molar-refractivity contribution in [3.8, 4) is 0 Å². The Kier molecular flexibility index (Phi) is 4.35. The zero-order valence-electron chi connectivity index (χ0n) is 11.5. The quantitative estimate of drug-likeness (QED) is 0.888. The van der Waals surface area contributed by atoms with Gasteiger partial charge >= 0.3 is 0 Å². The van der Waals surface area contributed by atoms with E-state index in [1.807, 2.05) is 38.1 Å². The van der Waals surface area contributed by atoms with Gasteiger partial charge in [0.25, 0.3) is 5.91 Å². The lowest BCUT2D eigenvalue weighted by molar-refractivity contribution is 0.102. The van der Waals surface area contributed by atoms with E-state index in [1.165, 1.54) is 12.1 Å². The van der Waals surface area contributed by atoms with Crippen LogP contribution in [0.25, 0.3) is 0 Å². The number of rotatable bonds is 4. The van der Waals surface area contributed by atoms with Crippen LogP contribution in [0.15, 0.2) is 42.5 Å². The summed E-state index contributed by atoms with van der Waals surface area (Å²) < 4.78 is 13.7. The molecule has 0 unspecified atom stereocenters.